The second kappa shape index (κ2) is 7.98. The Morgan fingerprint density at radius 2 is 2.08 bits per heavy atom. The molecular formula is C19H21N3O2S. The minimum Gasteiger partial charge on any atom is -0.497 e. The van der Waals surface area contributed by atoms with Crippen LogP contribution in [0.5, 0.6) is 5.75 Å². The van der Waals surface area contributed by atoms with Crippen LogP contribution in [0.25, 0.3) is 10.6 Å². The molecule has 5 nitrogen and oxygen atoms in total. The SMILES string of the molecule is COc1ccc(CC(=O)NCCn2nc(-c3cccs3)cc2C)cc1. The molecule has 2 heterocycles. The van der Waals surface area contributed by atoms with Crippen molar-refractivity contribution < 1.29 is 9.53 Å². The van der Waals surface area contributed by atoms with Gasteiger partial charge >= 0.3 is 0 Å². The number of hydrogen-bond acceptors (Lipinski definition) is 4. The van der Waals surface area contributed by atoms with Crippen LogP contribution in [0.1, 0.15) is 11.3 Å². The van der Waals surface area contributed by atoms with Gasteiger partial charge in [-0.25, -0.2) is 0 Å². The predicted octanol–water partition coefficient (Wildman–Crippen LogP) is 3.29. The van der Waals surface area contributed by atoms with Gasteiger partial charge in [-0.1, -0.05) is 18.2 Å². The number of rotatable bonds is 7. The van der Waals surface area contributed by atoms with E-state index in [1.165, 1.54) is 0 Å². The van der Waals surface area contributed by atoms with E-state index in [0.717, 1.165) is 27.6 Å². The van der Waals surface area contributed by atoms with Gasteiger partial charge in [0, 0.05) is 12.2 Å². The Labute approximate surface area is 151 Å². The van der Waals surface area contributed by atoms with Gasteiger partial charge in [0.15, 0.2) is 0 Å². The van der Waals surface area contributed by atoms with E-state index in [1.807, 2.05) is 47.3 Å². The van der Waals surface area contributed by atoms with Crippen LogP contribution in [-0.2, 0) is 17.8 Å². The van der Waals surface area contributed by atoms with Crippen LogP contribution >= 0.6 is 11.3 Å². The number of thiophene rings is 1. The van der Waals surface area contributed by atoms with Crippen LogP contribution in [0.2, 0.25) is 0 Å². The normalized spacial score (nSPS) is 10.6. The van der Waals surface area contributed by atoms with Crippen molar-refractivity contribution in [2.24, 2.45) is 0 Å². The Balaban J connectivity index is 1.49. The number of aryl methyl sites for hydroxylation is 1. The number of carbonyl (C=O) groups excluding carboxylic acids is 1. The summed E-state index contributed by atoms with van der Waals surface area (Å²) < 4.78 is 7.05. The van der Waals surface area contributed by atoms with Crippen molar-refractivity contribution in [2.45, 2.75) is 19.9 Å². The van der Waals surface area contributed by atoms with Gasteiger partial charge in [0.1, 0.15) is 11.4 Å². The summed E-state index contributed by atoms with van der Waals surface area (Å²) in [6.45, 7) is 3.25. The fourth-order valence-electron chi connectivity index (χ4n) is 2.57. The lowest BCUT2D eigenvalue weighted by molar-refractivity contribution is -0.120. The van der Waals surface area contributed by atoms with Crippen LogP contribution in [-0.4, -0.2) is 29.3 Å². The second-order valence-corrected chi connectivity index (χ2v) is 6.69. The van der Waals surface area contributed by atoms with Gasteiger partial charge in [-0.15, -0.1) is 11.3 Å². The molecule has 6 heteroatoms. The minimum atomic E-state index is 0.00783. The van der Waals surface area contributed by atoms with E-state index in [-0.39, 0.29) is 5.91 Å². The van der Waals surface area contributed by atoms with Crippen molar-refractivity contribution in [3.8, 4) is 16.3 Å². The van der Waals surface area contributed by atoms with Crippen molar-refractivity contribution in [1.29, 1.82) is 0 Å². The first kappa shape index (κ1) is 17.2. The second-order valence-electron chi connectivity index (χ2n) is 5.75. The molecule has 130 valence electrons. The number of nitrogens with one attached hydrogen (secondary N) is 1. The Morgan fingerprint density at radius 1 is 1.28 bits per heavy atom. The molecule has 1 N–H and O–H groups in total. The molecule has 0 aliphatic heterocycles. The van der Waals surface area contributed by atoms with E-state index in [1.54, 1.807) is 18.4 Å². The molecule has 25 heavy (non-hydrogen) atoms. The standard InChI is InChI=1S/C19H21N3O2S/c1-14-12-17(18-4-3-11-25-18)21-22(14)10-9-20-19(23)13-15-5-7-16(24-2)8-6-15/h3-8,11-12H,9-10,13H2,1-2H3,(H,20,23). The van der Waals surface area contributed by atoms with Gasteiger partial charge in [0.05, 0.1) is 25.0 Å². The first-order chi connectivity index (χ1) is 12.2. The summed E-state index contributed by atoms with van der Waals surface area (Å²) in [6, 6.07) is 13.7. The molecule has 0 radical (unpaired) electrons. The quantitative estimate of drug-likeness (QED) is 0.707. The van der Waals surface area contributed by atoms with Crippen LogP contribution in [0.3, 0.4) is 0 Å². The van der Waals surface area contributed by atoms with Gasteiger partial charge in [-0.3, -0.25) is 9.48 Å². The lowest BCUT2D eigenvalue weighted by atomic mass is 10.1. The van der Waals surface area contributed by atoms with E-state index >= 15 is 0 Å². The predicted molar refractivity (Wildman–Crippen MR) is 100.0 cm³/mol. The molecule has 3 rings (SSSR count). The molecule has 3 aromatic rings. The molecule has 0 atom stereocenters. The summed E-state index contributed by atoms with van der Waals surface area (Å²) >= 11 is 1.68. The number of hydrogen-bond donors (Lipinski definition) is 1. The molecule has 0 fully saturated rings. The zero-order valence-corrected chi connectivity index (χ0v) is 15.2. The lowest BCUT2D eigenvalue weighted by Crippen LogP contribution is -2.29. The third-order valence-electron chi connectivity index (χ3n) is 3.92. The molecule has 0 saturated carbocycles. The van der Waals surface area contributed by atoms with Crippen molar-refractivity contribution in [3.63, 3.8) is 0 Å². The molecule has 0 aliphatic carbocycles. The topological polar surface area (TPSA) is 56.1 Å². The highest BCUT2D eigenvalue weighted by molar-refractivity contribution is 7.13. The number of nitrogens with zero attached hydrogens (tertiary/aromatic N) is 2. The number of methoxy groups -OCH3 is 1. The van der Waals surface area contributed by atoms with Crippen LogP contribution in [0.15, 0.2) is 47.8 Å². The molecule has 0 saturated heterocycles. The van der Waals surface area contributed by atoms with Gasteiger partial charge in [-0.2, -0.15) is 5.10 Å². The number of benzene rings is 1. The van der Waals surface area contributed by atoms with E-state index in [2.05, 4.69) is 22.5 Å². The first-order valence-corrected chi connectivity index (χ1v) is 9.01. The van der Waals surface area contributed by atoms with Crippen LogP contribution < -0.4 is 10.1 Å². The first-order valence-electron chi connectivity index (χ1n) is 8.13. The highest BCUT2D eigenvalue weighted by Gasteiger charge is 2.08. The Kier molecular flexibility index (Phi) is 5.50. The van der Waals surface area contributed by atoms with Crippen molar-refractivity contribution in [3.05, 3.63) is 59.1 Å². The monoisotopic (exact) mass is 355 g/mol. The summed E-state index contributed by atoms with van der Waals surface area (Å²) in [5.41, 5.74) is 3.04. The zero-order valence-electron chi connectivity index (χ0n) is 14.4. The summed E-state index contributed by atoms with van der Waals surface area (Å²) in [5, 5.41) is 9.61. The summed E-state index contributed by atoms with van der Waals surface area (Å²) in [4.78, 5) is 13.2. The number of amides is 1. The van der Waals surface area contributed by atoms with E-state index < -0.39 is 0 Å². The molecule has 0 spiro atoms. The maximum Gasteiger partial charge on any atom is 0.224 e. The minimum absolute atomic E-state index is 0.00783. The number of ether oxygens (including phenoxy) is 1. The van der Waals surface area contributed by atoms with Crippen molar-refractivity contribution >= 4 is 17.2 Å². The molecule has 1 aromatic carbocycles. The smallest absolute Gasteiger partial charge is 0.224 e. The Morgan fingerprint density at radius 3 is 2.76 bits per heavy atom. The maximum atomic E-state index is 12.1. The average Bonchev–Trinajstić information content (AvgIpc) is 3.26. The van der Waals surface area contributed by atoms with Gasteiger partial charge in [0.2, 0.25) is 5.91 Å². The third-order valence-corrected chi connectivity index (χ3v) is 4.82. The summed E-state index contributed by atoms with van der Waals surface area (Å²) in [7, 11) is 1.63. The molecule has 0 aliphatic rings. The maximum absolute atomic E-state index is 12.1. The largest absolute Gasteiger partial charge is 0.497 e. The Bertz CT molecular complexity index is 823. The zero-order chi connectivity index (χ0) is 17.6. The van der Waals surface area contributed by atoms with Gasteiger partial charge in [-0.05, 0) is 42.1 Å². The molecule has 1 amide bonds. The molecular weight excluding hydrogens is 334 g/mol. The number of carbonyl (C=O) groups is 1. The van der Waals surface area contributed by atoms with Crippen molar-refractivity contribution in [1.82, 2.24) is 15.1 Å². The third kappa shape index (κ3) is 4.48. The highest BCUT2D eigenvalue weighted by atomic mass is 32.1. The van der Waals surface area contributed by atoms with Gasteiger partial charge in [0.25, 0.3) is 0 Å². The number of aromatic nitrogens is 2. The Hall–Kier alpha value is -2.60. The molecule has 2 aromatic heterocycles. The fourth-order valence-corrected chi connectivity index (χ4v) is 3.26. The lowest BCUT2D eigenvalue weighted by Gasteiger charge is -2.07. The molecule has 0 unspecified atom stereocenters. The van der Waals surface area contributed by atoms with Gasteiger partial charge < -0.3 is 10.1 Å². The molecule has 0 bridgehead atoms. The average molecular weight is 355 g/mol. The van der Waals surface area contributed by atoms with E-state index in [4.69, 9.17) is 4.74 Å². The fraction of sp³-hybridized carbons (Fsp3) is 0.263. The van der Waals surface area contributed by atoms with Crippen LogP contribution in [0, 0.1) is 6.92 Å². The van der Waals surface area contributed by atoms with E-state index in [9.17, 15) is 4.79 Å². The van der Waals surface area contributed by atoms with Crippen molar-refractivity contribution in [2.75, 3.05) is 13.7 Å². The highest BCUT2D eigenvalue weighted by Crippen LogP contribution is 2.23. The van der Waals surface area contributed by atoms with E-state index in [0.29, 0.717) is 19.5 Å². The van der Waals surface area contributed by atoms with Crippen LogP contribution in [0.4, 0.5) is 0 Å². The summed E-state index contributed by atoms with van der Waals surface area (Å²) in [6.07, 6.45) is 0.364. The summed E-state index contributed by atoms with van der Waals surface area (Å²) in [5.74, 6) is 0.799.